The van der Waals surface area contributed by atoms with Crippen molar-refractivity contribution < 1.29 is 19.2 Å². The van der Waals surface area contributed by atoms with Gasteiger partial charge in [0.1, 0.15) is 6.04 Å². The van der Waals surface area contributed by atoms with Crippen LogP contribution in [0.2, 0.25) is 0 Å². The highest BCUT2D eigenvalue weighted by Crippen LogP contribution is 2.62. The number of aromatic amines is 1. The third-order valence-electron chi connectivity index (χ3n) is 7.38. The Morgan fingerprint density at radius 3 is 2.86 bits per heavy atom. The van der Waals surface area contributed by atoms with E-state index < -0.39 is 17.6 Å². The smallest absolute Gasteiger partial charge is 0.328 e. The van der Waals surface area contributed by atoms with E-state index in [1.807, 2.05) is 31.2 Å². The summed E-state index contributed by atoms with van der Waals surface area (Å²) in [7, 11) is 1.34. The lowest BCUT2D eigenvalue weighted by Crippen LogP contribution is -2.58. The van der Waals surface area contributed by atoms with Crippen LogP contribution in [0.5, 0.6) is 0 Å². The third-order valence-corrected chi connectivity index (χ3v) is 7.38. The van der Waals surface area contributed by atoms with Crippen molar-refractivity contribution in [3.63, 3.8) is 0 Å². The van der Waals surface area contributed by atoms with Crippen LogP contribution in [-0.4, -0.2) is 46.4 Å². The summed E-state index contributed by atoms with van der Waals surface area (Å²) in [5, 5.41) is 12.4. The zero-order chi connectivity index (χ0) is 20.5. The van der Waals surface area contributed by atoms with Gasteiger partial charge in [-0.1, -0.05) is 25.1 Å². The number of hydrogen-bond donors (Lipinski definition) is 1. The van der Waals surface area contributed by atoms with E-state index in [-0.39, 0.29) is 41.5 Å². The Morgan fingerprint density at radius 1 is 1.38 bits per heavy atom. The first-order chi connectivity index (χ1) is 13.9. The number of ether oxygens (including phenoxy) is 1. The van der Waals surface area contributed by atoms with E-state index in [1.165, 1.54) is 7.11 Å². The predicted octanol–water partition coefficient (Wildman–Crippen LogP) is 2.24. The Balaban J connectivity index is 1.76. The van der Waals surface area contributed by atoms with Crippen molar-refractivity contribution in [3.05, 3.63) is 45.6 Å². The van der Waals surface area contributed by atoms with Gasteiger partial charge < -0.3 is 14.6 Å². The Bertz CT molecular complexity index is 1050. The second-order valence-corrected chi connectivity index (χ2v) is 8.63. The van der Waals surface area contributed by atoms with E-state index in [0.717, 1.165) is 22.2 Å². The van der Waals surface area contributed by atoms with Gasteiger partial charge in [-0.2, -0.15) is 0 Å². The van der Waals surface area contributed by atoms with Crippen LogP contribution in [0.3, 0.4) is 0 Å². The molecule has 3 heterocycles. The lowest BCUT2D eigenvalue weighted by atomic mass is 9.76. The van der Waals surface area contributed by atoms with E-state index in [2.05, 4.69) is 4.98 Å². The van der Waals surface area contributed by atoms with Gasteiger partial charge in [0.15, 0.2) is 0 Å². The van der Waals surface area contributed by atoms with Crippen molar-refractivity contribution in [2.75, 3.05) is 13.7 Å². The lowest BCUT2D eigenvalue weighted by Gasteiger charge is -2.46. The average molecular weight is 397 g/mol. The number of hydrogen-bond acceptors (Lipinski definition) is 5. The Hall–Kier alpha value is -2.90. The summed E-state index contributed by atoms with van der Waals surface area (Å²) >= 11 is 0. The van der Waals surface area contributed by atoms with E-state index in [9.17, 15) is 19.7 Å². The van der Waals surface area contributed by atoms with Crippen LogP contribution >= 0.6 is 0 Å². The number of benzene rings is 1. The van der Waals surface area contributed by atoms with Gasteiger partial charge in [-0.05, 0) is 24.0 Å². The summed E-state index contributed by atoms with van der Waals surface area (Å²) in [4.78, 5) is 42.2. The molecule has 1 amide bonds. The van der Waals surface area contributed by atoms with Crippen LogP contribution in [0.25, 0.3) is 10.9 Å². The molecule has 1 N–H and O–H groups in total. The largest absolute Gasteiger partial charge is 0.467 e. The number of para-hydroxylation sites is 1. The van der Waals surface area contributed by atoms with Crippen molar-refractivity contribution in [3.8, 4) is 0 Å². The second kappa shape index (κ2) is 6.05. The number of H-pyrrole nitrogens is 1. The highest BCUT2D eigenvalue weighted by atomic mass is 16.6. The number of fused-ring (bicyclic) bond motifs is 3. The van der Waals surface area contributed by atoms with Crippen LogP contribution in [0.4, 0.5) is 0 Å². The molecule has 1 aliphatic carbocycles. The van der Waals surface area contributed by atoms with Crippen LogP contribution in [0.1, 0.15) is 31.0 Å². The molecule has 1 spiro atoms. The first-order valence-corrected chi connectivity index (χ1v) is 10.00. The Morgan fingerprint density at radius 2 is 2.14 bits per heavy atom. The minimum atomic E-state index is -0.720. The molecule has 1 saturated heterocycles. The molecule has 2 aliphatic heterocycles. The summed E-state index contributed by atoms with van der Waals surface area (Å²) in [6.45, 7) is 1.86. The van der Waals surface area contributed by atoms with Gasteiger partial charge in [-0.3, -0.25) is 14.9 Å². The quantitative estimate of drug-likeness (QED) is 0.486. The van der Waals surface area contributed by atoms with E-state index in [0.29, 0.717) is 12.8 Å². The molecule has 8 nitrogen and oxygen atoms in total. The van der Waals surface area contributed by atoms with Crippen LogP contribution in [-0.2, 0) is 26.3 Å². The minimum absolute atomic E-state index is 0.0664. The summed E-state index contributed by atoms with van der Waals surface area (Å²) in [5.41, 5.74) is 2.22. The number of rotatable bonds is 3. The molecule has 1 aromatic heterocycles. The van der Waals surface area contributed by atoms with Crippen molar-refractivity contribution in [2.24, 2.45) is 17.8 Å². The molecule has 29 heavy (non-hydrogen) atoms. The number of methoxy groups -OCH3 is 1. The van der Waals surface area contributed by atoms with Crippen LogP contribution in [0.15, 0.2) is 24.3 Å². The standard InChI is InChI=1S/C21H23N3O5/c1-11-9-21-15(14(11)10-23(27)28)8-18(25)24(21)17(20(26)29-2)7-13-12-5-3-4-6-16(12)22-19(13)21/h3-6,11,14-15,17,22H,7-10H2,1-2H3/t11?,14-,15?,17?,21?/m1/s1. The number of carbonyl (C=O) groups excluding carboxylic acids is 2. The molecule has 4 unspecified atom stereocenters. The first kappa shape index (κ1) is 18.1. The van der Waals surface area contributed by atoms with Crippen molar-refractivity contribution >= 4 is 22.8 Å². The van der Waals surface area contributed by atoms with Crippen LogP contribution < -0.4 is 0 Å². The molecule has 1 saturated carbocycles. The topological polar surface area (TPSA) is 106 Å². The average Bonchev–Trinajstić information content (AvgIpc) is 3.28. The zero-order valence-corrected chi connectivity index (χ0v) is 16.4. The van der Waals surface area contributed by atoms with Gasteiger partial charge in [0.05, 0.1) is 12.6 Å². The van der Waals surface area contributed by atoms with Gasteiger partial charge in [-0.15, -0.1) is 0 Å². The second-order valence-electron chi connectivity index (χ2n) is 8.63. The third kappa shape index (κ3) is 2.25. The van der Waals surface area contributed by atoms with Gasteiger partial charge in [0.2, 0.25) is 12.5 Å². The number of aromatic nitrogens is 1. The molecule has 2 fully saturated rings. The molecular weight excluding hydrogens is 374 g/mol. The van der Waals surface area contributed by atoms with E-state index in [1.54, 1.807) is 4.90 Å². The highest BCUT2D eigenvalue weighted by molar-refractivity contribution is 5.92. The van der Waals surface area contributed by atoms with Gasteiger partial charge in [0, 0.05) is 46.2 Å². The summed E-state index contributed by atoms with van der Waals surface area (Å²) in [6.07, 6.45) is 1.22. The summed E-state index contributed by atoms with van der Waals surface area (Å²) < 4.78 is 5.06. The van der Waals surface area contributed by atoms with E-state index >= 15 is 0 Å². The van der Waals surface area contributed by atoms with Crippen molar-refractivity contribution in [1.82, 2.24) is 9.88 Å². The molecule has 8 heteroatoms. The number of amides is 1. The van der Waals surface area contributed by atoms with E-state index in [4.69, 9.17) is 4.74 Å². The highest BCUT2D eigenvalue weighted by Gasteiger charge is 2.68. The molecule has 152 valence electrons. The molecule has 0 radical (unpaired) electrons. The SMILES string of the molecule is COC(=O)C1Cc2c([nH]c3ccccc23)C23CC(C)[C@@H](C[N+](=O)[O-])C2CC(=O)N13. The predicted molar refractivity (Wildman–Crippen MR) is 104 cm³/mol. The first-order valence-electron chi connectivity index (χ1n) is 10.00. The maximum Gasteiger partial charge on any atom is 0.328 e. The minimum Gasteiger partial charge on any atom is -0.467 e. The Labute approximate surface area is 167 Å². The molecule has 5 rings (SSSR count). The van der Waals surface area contributed by atoms with Gasteiger partial charge in [-0.25, -0.2) is 4.79 Å². The number of carbonyl (C=O) groups is 2. The number of esters is 1. The molecule has 3 aliphatic rings. The maximum atomic E-state index is 13.1. The molecular formula is C21H23N3O5. The molecule has 5 atom stereocenters. The fourth-order valence-electron chi connectivity index (χ4n) is 6.38. The number of nitro groups is 1. The summed E-state index contributed by atoms with van der Waals surface area (Å²) in [6, 6.07) is 7.20. The normalized spacial score (nSPS) is 32.8. The van der Waals surface area contributed by atoms with Gasteiger partial charge >= 0.3 is 5.97 Å². The monoisotopic (exact) mass is 397 g/mol. The maximum absolute atomic E-state index is 13.1. The van der Waals surface area contributed by atoms with Crippen molar-refractivity contribution in [2.45, 2.75) is 37.8 Å². The van der Waals surface area contributed by atoms with Gasteiger partial charge in [0.25, 0.3) is 0 Å². The molecule has 0 bridgehead atoms. The zero-order valence-electron chi connectivity index (χ0n) is 16.4. The molecule has 1 aromatic carbocycles. The van der Waals surface area contributed by atoms with Crippen molar-refractivity contribution in [1.29, 1.82) is 0 Å². The number of nitrogens with zero attached hydrogens (tertiary/aromatic N) is 2. The Kier molecular flexibility index (Phi) is 3.78. The lowest BCUT2D eigenvalue weighted by molar-refractivity contribution is -0.491. The van der Waals surface area contributed by atoms with Crippen LogP contribution in [0, 0.1) is 27.9 Å². The fourth-order valence-corrected chi connectivity index (χ4v) is 6.38. The molecule has 2 aromatic rings. The fraction of sp³-hybridized carbons (Fsp3) is 0.524. The number of nitrogens with one attached hydrogen (secondary N) is 1. The summed E-state index contributed by atoms with van der Waals surface area (Å²) in [5.74, 6) is -0.893.